The minimum absolute atomic E-state index is 0.316. The molecule has 16 heavy (non-hydrogen) atoms. The van der Waals surface area contributed by atoms with Crippen LogP contribution in [0.4, 0.5) is 13.2 Å². The number of alkyl halides is 3. The molecule has 0 aromatic carbocycles. The van der Waals surface area contributed by atoms with Crippen LogP contribution >= 0.6 is 0 Å². The van der Waals surface area contributed by atoms with Gasteiger partial charge in [-0.25, -0.2) is 4.98 Å². The van der Waals surface area contributed by atoms with Crippen molar-refractivity contribution < 1.29 is 13.2 Å². The van der Waals surface area contributed by atoms with Gasteiger partial charge in [0.25, 0.3) is 0 Å². The third-order valence-corrected chi connectivity index (χ3v) is 2.88. The zero-order valence-corrected chi connectivity index (χ0v) is 8.80. The maximum atomic E-state index is 12.5. The summed E-state index contributed by atoms with van der Waals surface area (Å²) in [5, 5.41) is 3.19. The Kier molecular flexibility index (Phi) is 3.18. The van der Waals surface area contributed by atoms with Gasteiger partial charge in [0.1, 0.15) is 0 Å². The van der Waals surface area contributed by atoms with Crippen LogP contribution in [0.3, 0.4) is 0 Å². The van der Waals surface area contributed by atoms with Crippen LogP contribution in [0, 0.1) is 5.92 Å². The molecule has 0 saturated carbocycles. The number of nitrogens with one attached hydrogen (secondary N) is 1. The van der Waals surface area contributed by atoms with Crippen molar-refractivity contribution in [2.45, 2.75) is 25.6 Å². The standard InChI is InChI=1S/C10H14F3N3/c11-10(12,13)9-15-5-6-16(9)7-8-1-3-14-4-2-8/h5-6,8,14H,1-4,7H2. The summed E-state index contributed by atoms with van der Waals surface area (Å²) >= 11 is 0. The molecule has 0 bridgehead atoms. The van der Waals surface area contributed by atoms with E-state index < -0.39 is 12.0 Å². The van der Waals surface area contributed by atoms with E-state index >= 15 is 0 Å². The summed E-state index contributed by atoms with van der Waals surface area (Å²) < 4.78 is 38.8. The van der Waals surface area contributed by atoms with Crippen molar-refractivity contribution in [2.24, 2.45) is 5.92 Å². The Balaban J connectivity index is 2.06. The van der Waals surface area contributed by atoms with Gasteiger partial charge in [0.05, 0.1) is 0 Å². The molecular formula is C10H14F3N3. The SMILES string of the molecule is FC(F)(F)c1nccn1CC1CCNCC1. The van der Waals surface area contributed by atoms with Gasteiger partial charge < -0.3 is 9.88 Å². The van der Waals surface area contributed by atoms with E-state index in [1.165, 1.54) is 17.0 Å². The fraction of sp³-hybridized carbons (Fsp3) is 0.700. The van der Waals surface area contributed by atoms with E-state index in [1.54, 1.807) is 0 Å². The average Bonchev–Trinajstić information content (AvgIpc) is 2.67. The molecule has 1 aromatic heterocycles. The molecule has 2 rings (SSSR count). The molecule has 3 nitrogen and oxygen atoms in total. The third kappa shape index (κ3) is 2.55. The lowest BCUT2D eigenvalue weighted by Crippen LogP contribution is -2.30. The molecule has 1 aliphatic rings. The summed E-state index contributed by atoms with van der Waals surface area (Å²) in [5.41, 5.74) is 0. The number of aromatic nitrogens is 2. The molecule has 0 radical (unpaired) electrons. The van der Waals surface area contributed by atoms with E-state index in [1.807, 2.05) is 0 Å². The highest BCUT2D eigenvalue weighted by molar-refractivity contribution is 4.97. The van der Waals surface area contributed by atoms with E-state index in [0.717, 1.165) is 25.9 Å². The first kappa shape index (κ1) is 11.4. The van der Waals surface area contributed by atoms with E-state index in [9.17, 15) is 13.2 Å². The van der Waals surface area contributed by atoms with Gasteiger partial charge >= 0.3 is 6.18 Å². The normalized spacial score (nSPS) is 18.9. The summed E-state index contributed by atoms with van der Waals surface area (Å²) in [6.07, 6.45) is 0.121. The molecule has 0 atom stereocenters. The van der Waals surface area contributed by atoms with E-state index in [4.69, 9.17) is 0 Å². The molecule has 0 spiro atoms. The van der Waals surface area contributed by atoms with E-state index in [-0.39, 0.29) is 0 Å². The predicted molar refractivity (Wildman–Crippen MR) is 52.8 cm³/mol. The first-order chi connectivity index (χ1) is 7.57. The monoisotopic (exact) mass is 233 g/mol. The largest absolute Gasteiger partial charge is 0.449 e. The van der Waals surface area contributed by atoms with Gasteiger partial charge in [-0.05, 0) is 31.8 Å². The second-order valence-corrected chi connectivity index (χ2v) is 4.09. The van der Waals surface area contributed by atoms with Crippen molar-refractivity contribution in [3.05, 3.63) is 18.2 Å². The molecular weight excluding hydrogens is 219 g/mol. The maximum Gasteiger partial charge on any atom is 0.449 e. The number of imidazole rings is 1. The Morgan fingerprint density at radius 2 is 2.06 bits per heavy atom. The molecule has 90 valence electrons. The number of rotatable bonds is 2. The van der Waals surface area contributed by atoms with Crippen LogP contribution in [0.15, 0.2) is 12.4 Å². The fourth-order valence-corrected chi connectivity index (χ4v) is 2.05. The highest BCUT2D eigenvalue weighted by atomic mass is 19.4. The molecule has 1 N–H and O–H groups in total. The van der Waals surface area contributed by atoms with Crippen LogP contribution < -0.4 is 5.32 Å². The predicted octanol–water partition coefficient (Wildman–Crippen LogP) is 1.90. The smallest absolute Gasteiger partial charge is 0.327 e. The van der Waals surface area contributed by atoms with Gasteiger partial charge in [-0.2, -0.15) is 13.2 Å². The Hall–Kier alpha value is -1.04. The number of piperidine rings is 1. The van der Waals surface area contributed by atoms with E-state index in [0.29, 0.717) is 12.5 Å². The van der Waals surface area contributed by atoms with Crippen molar-refractivity contribution in [2.75, 3.05) is 13.1 Å². The number of nitrogens with zero attached hydrogens (tertiary/aromatic N) is 2. The van der Waals surface area contributed by atoms with Crippen molar-refractivity contribution >= 4 is 0 Å². The van der Waals surface area contributed by atoms with E-state index in [2.05, 4.69) is 10.3 Å². The summed E-state index contributed by atoms with van der Waals surface area (Å²) in [6.45, 7) is 2.19. The quantitative estimate of drug-likeness (QED) is 0.845. The van der Waals surface area contributed by atoms with Crippen LogP contribution in [-0.2, 0) is 12.7 Å². The minimum Gasteiger partial charge on any atom is -0.327 e. The second kappa shape index (κ2) is 4.45. The lowest BCUT2D eigenvalue weighted by Gasteiger charge is -2.23. The molecule has 1 aliphatic heterocycles. The van der Waals surface area contributed by atoms with Crippen molar-refractivity contribution in [1.82, 2.24) is 14.9 Å². The Labute approximate surface area is 91.7 Å². The van der Waals surface area contributed by atoms with Crippen molar-refractivity contribution in [3.8, 4) is 0 Å². The molecule has 0 aliphatic carbocycles. The fourth-order valence-electron chi connectivity index (χ4n) is 2.05. The molecule has 6 heteroatoms. The molecule has 0 unspecified atom stereocenters. The first-order valence-corrected chi connectivity index (χ1v) is 5.36. The van der Waals surface area contributed by atoms with Gasteiger partial charge in [-0.1, -0.05) is 0 Å². The summed E-state index contributed by atoms with van der Waals surface area (Å²) in [5.74, 6) is -0.470. The zero-order valence-electron chi connectivity index (χ0n) is 8.80. The summed E-state index contributed by atoms with van der Waals surface area (Å²) in [7, 11) is 0. The van der Waals surface area contributed by atoms with Crippen LogP contribution in [0.5, 0.6) is 0 Å². The summed E-state index contributed by atoms with van der Waals surface area (Å²) in [6, 6.07) is 0. The molecule has 2 heterocycles. The van der Waals surface area contributed by atoms with Crippen molar-refractivity contribution in [1.29, 1.82) is 0 Å². The molecule has 1 fully saturated rings. The van der Waals surface area contributed by atoms with Gasteiger partial charge in [0, 0.05) is 18.9 Å². The minimum atomic E-state index is -4.35. The second-order valence-electron chi connectivity index (χ2n) is 4.09. The lowest BCUT2D eigenvalue weighted by atomic mass is 9.98. The lowest BCUT2D eigenvalue weighted by molar-refractivity contribution is -0.147. The third-order valence-electron chi connectivity index (χ3n) is 2.88. The summed E-state index contributed by atoms with van der Waals surface area (Å²) in [4.78, 5) is 3.38. The topological polar surface area (TPSA) is 29.9 Å². The number of hydrogen-bond acceptors (Lipinski definition) is 2. The van der Waals surface area contributed by atoms with Gasteiger partial charge in [-0.3, -0.25) is 0 Å². The zero-order chi connectivity index (χ0) is 11.6. The molecule has 1 aromatic rings. The Bertz CT molecular complexity index is 339. The highest BCUT2D eigenvalue weighted by Gasteiger charge is 2.36. The number of hydrogen-bond donors (Lipinski definition) is 1. The van der Waals surface area contributed by atoms with Crippen molar-refractivity contribution in [3.63, 3.8) is 0 Å². The van der Waals surface area contributed by atoms with Crippen LogP contribution in [-0.4, -0.2) is 22.6 Å². The number of halogens is 3. The first-order valence-electron chi connectivity index (χ1n) is 5.36. The van der Waals surface area contributed by atoms with Crippen LogP contribution in [0.2, 0.25) is 0 Å². The van der Waals surface area contributed by atoms with Gasteiger partial charge in [0.2, 0.25) is 5.82 Å². The maximum absolute atomic E-state index is 12.5. The van der Waals surface area contributed by atoms with Crippen LogP contribution in [0.1, 0.15) is 18.7 Å². The van der Waals surface area contributed by atoms with Gasteiger partial charge in [-0.15, -0.1) is 0 Å². The highest BCUT2D eigenvalue weighted by Crippen LogP contribution is 2.28. The molecule has 0 amide bonds. The average molecular weight is 233 g/mol. The molecule has 1 saturated heterocycles. The Morgan fingerprint density at radius 3 is 2.69 bits per heavy atom. The Morgan fingerprint density at radius 1 is 1.38 bits per heavy atom. The van der Waals surface area contributed by atoms with Crippen LogP contribution in [0.25, 0.3) is 0 Å². The van der Waals surface area contributed by atoms with Gasteiger partial charge in [0.15, 0.2) is 0 Å².